The second-order valence-corrected chi connectivity index (χ2v) is 3.65. The Bertz CT molecular complexity index is 260. The normalized spacial score (nSPS) is 12.8. The summed E-state index contributed by atoms with van der Waals surface area (Å²) in [6.07, 6.45) is 2.24. The molecule has 0 aliphatic rings. The zero-order chi connectivity index (χ0) is 9.68. The summed E-state index contributed by atoms with van der Waals surface area (Å²) in [7, 11) is 0. The standard InChI is InChI=1S/C11H15ClO/c1-2-5-10(13)8-9-6-3-4-7-11(9)12/h3-4,6-7,10,13H,2,5,8H2,1H3. The highest BCUT2D eigenvalue weighted by Gasteiger charge is 2.06. The van der Waals surface area contributed by atoms with E-state index in [4.69, 9.17) is 11.6 Å². The van der Waals surface area contributed by atoms with Crippen LogP contribution in [-0.2, 0) is 6.42 Å². The van der Waals surface area contributed by atoms with Crippen molar-refractivity contribution in [1.29, 1.82) is 0 Å². The lowest BCUT2D eigenvalue weighted by atomic mass is 10.0. The fraction of sp³-hybridized carbons (Fsp3) is 0.455. The molecule has 1 aromatic rings. The van der Waals surface area contributed by atoms with Gasteiger partial charge in [-0.3, -0.25) is 0 Å². The third-order valence-electron chi connectivity index (χ3n) is 2.04. The van der Waals surface area contributed by atoms with Crippen LogP contribution in [0.25, 0.3) is 0 Å². The van der Waals surface area contributed by atoms with Gasteiger partial charge in [-0.2, -0.15) is 0 Å². The molecule has 1 N–H and O–H groups in total. The summed E-state index contributed by atoms with van der Waals surface area (Å²) in [5, 5.41) is 10.3. The third kappa shape index (κ3) is 3.37. The van der Waals surface area contributed by atoms with E-state index in [9.17, 15) is 5.11 Å². The minimum absolute atomic E-state index is 0.259. The molecule has 0 spiro atoms. The number of halogens is 1. The predicted molar refractivity (Wildman–Crippen MR) is 56.1 cm³/mol. The van der Waals surface area contributed by atoms with Crippen LogP contribution >= 0.6 is 11.6 Å². The Kier molecular flexibility index (Phi) is 4.26. The van der Waals surface area contributed by atoms with E-state index >= 15 is 0 Å². The fourth-order valence-corrected chi connectivity index (χ4v) is 1.57. The van der Waals surface area contributed by atoms with E-state index in [2.05, 4.69) is 6.92 Å². The average molecular weight is 199 g/mol. The van der Waals surface area contributed by atoms with Crippen molar-refractivity contribution >= 4 is 11.6 Å². The van der Waals surface area contributed by atoms with E-state index in [1.54, 1.807) is 0 Å². The Hall–Kier alpha value is -0.530. The number of rotatable bonds is 4. The molecule has 0 aromatic heterocycles. The summed E-state index contributed by atoms with van der Waals surface area (Å²) >= 11 is 5.96. The number of hydrogen-bond acceptors (Lipinski definition) is 1. The molecule has 0 fully saturated rings. The predicted octanol–water partition coefficient (Wildman–Crippen LogP) is 3.04. The van der Waals surface area contributed by atoms with Gasteiger partial charge in [0.15, 0.2) is 0 Å². The Morgan fingerprint density at radius 3 is 2.69 bits per heavy atom. The van der Waals surface area contributed by atoms with Crippen molar-refractivity contribution in [3.8, 4) is 0 Å². The largest absolute Gasteiger partial charge is 0.393 e. The Morgan fingerprint density at radius 1 is 1.38 bits per heavy atom. The van der Waals surface area contributed by atoms with Gasteiger partial charge in [0.2, 0.25) is 0 Å². The second kappa shape index (κ2) is 5.25. The summed E-state index contributed by atoms with van der Waals surface area (Å²) in [5.41, 5.74) is 1.03. The maximum atomic E-state index is 9.57. The number of aliphatic hydroxyl groups is 1. The fourth-order valence-electron chi connectivity index (χ4n) is 1.35. The van der Waals surface area contributed by atoms with Gasteiger partial charge >= 0.3 is 0 Å². The number of aliphatic hydroxyl groups excluding tert-OH is 1. The molecular formula is C11H15ClO. The number of hydrogen-bond donors (Lipinski definition) is 1. The Morgan fingerprint density at radius 2 is 2.08 bits per heavy atom. The van der Waals surface area contributed by atoms with Crippen LogP contribution in [0.4, 0.5) is 0 Å². The van der Waals surface area contributed by atoms with Crippen molar-refractivity contribution in [2.45, 2.75) is 32.3 Å². The van der Waals surface area contributed by atoms with Crippen LogP contribution in [0.3, 0.4) is 0 Å². The lowest BCUT2D eigenvalue weighted by molar-refractivity contribution is 0.164. The molecule has 0 aliphatic heterocycles. The SMILES string of the molecule is CCCC(O)Cc1ccccc1Cl. The van der Waals surface area contributed by atoms with Crippen molar-refractivity contribution in [2.24, 2.45) is 0 Å². The van der Waals surface area contributed by atoms with E-state index < -0.39 is 0 Å². The summed E-state index contributed by atoms with van der Waals surface area (Å²) in [4.78, 5) is 0. The summed E-state index contributed by atoms with van der Waals surface area (Å²) in [6.45, 7) is 2.07. The van der Waals surface area contributed by atoms with E-state index in [1.165, 1.54) is 0 Å². The van der Waals surface area contributed by atoms with Crippen molar-refractivity contribution in [3.05, 3.63) is 34.9 Å². The highest BCUT2D eigenvalue weighted by molar-refractivity contribution is 6.31. The molecule has 1 nitrogen and oxygen atoms in total. The molecule has 0 bridgehead atoms. The molecule has 0 aliphatic carbocycles. The molecule has 1 atom stereocenters. The van der Waals surface area contributed by atoms with Crippen LogP contribution in [-0.4, -0.2) is 11.2 Å². The second-order valence-electron chi connectivity index (χ2n) is 3.24. The van der Waals surface area contributed by atoms with Crippen molar-refractivity contribution < 1.29 is 5.11 Å². The lowest BCUT2D eigenvalue weighted by Gasteiger charge is -2.09. The van der Waals surface area contributed by atoms with Crippen LogP contribution < -0.4 is 0 Å². The zero-order valence-electron chi connectivity index (χ0n) is 7.83. The third-order valence-corrected chi connectivity index (χ3v) is 2.40. The monoisotopic (exact) mass is 198 g/mol. The van der Waals surface area contributed by atoms with Gasteiger partial charge in [-0.05, 0) is 24.5 Å². The van der Waals surface area contributed by atoms with Gasteiger partial charge in [0.05, 0.1) is 6.10 Å². The molecule has 72 valence electrons. The molecule has 0 radical (unpaired) electrons. The van der Waals surface area contributed by atoms with Gasteiger partial charge in [0.1, 0.15) is 0 Å². The first kappa shape index (κ1) is 10.6. The summed E-state index contributed by atoms with van der Waals surface area (Å²) in [6, 6.07) is 7.66. The van der Waals surface area contributed by atoms with Gasteiger partial charge in [-0.15, -0.1) is 0 Å². The molecule has 2 heteroatoms. The molecule has 13 heavy (non-hydrogen) atoms. The van der Waals surface area contributed by atoms with Gasteiger partial charge in [-0.1, -0.05) is 43.1 Å². The first-order valence-corrected chi connectivity index (χ1v) is 5.03. The maximum absolute atomic E-state index is 9.57. The number of benzene rings is 1. The van der Waals surface area contributed by atoms with Crippen LogP contribution in [0.15, 0.2) is 24.3 Å². The molecule has 0 amide bonds. The minimum atomic E-state index is -0.259. The molecule has 1 aromatic carbocycles. The molecule has 0 saturated carbocycles. The van der Waals surface area contributed by atoms with Gasteiger partial charge in [-0.25, -0.2) is 0 Å². The topological polar surface area (TPSA) is 20.2 Å². The van der Waals surface area contributed by atoms with E-state index in [-0.39, 0.29) is 6.10 Å². The molecular weight excluding hydrogens is 184 g/mol. The maximum Gasteiger partial charge on any atom is 0.0581 e. The van der Waals surface area contributed by atoms with Crippen LogP contribution in [0.1, 0.15) is 25.3 Å². The van der Waals surface area contributed by atoms with E-state index in [1.807, 2.05) is 24.3 Å². The quantitative estimate of drug-likeness (QED) is 0.789. The summed E-state index contributed by atoms with van der Waals surface area (Å²) < 4.78 is 0. The van der Waals surface area contributed by atoms with Crippen LogP contribution in [0.2, 0.25) is 5.02 Å². The Balaban J connectivity index is 2.58. The molecule has 1 rings (SSSR count). The molecule has 1 unspecified atom stereocenters. The van der Waals surface area contributed by atoms with Gasteiger partial charge in [0.25, 0.3) is 0 Å². The molecule has 0 heterocycles. The average Bonchev–Trinajstić information content (AvgIpc) is 2.09. The lowest BCUT2D eigenvalue weighted by Crippen LogP contribution is -2.09. The molecule has 0 saturated heterocycles. The zero-order valence-corrected chi connectivity index (χ0v) is 8.59. The smallest absolute Gasteiger partial charge is 0.0581 e. The first-order valence-electron chi connectivity index (χ1n) is 4.65. The van der Waals surface area contributed by atoms with Gasteiger partial charge < -0.3 is 5.11 Å². The van der Waals surface area contributed by atoms with E-state index in [0.29, 0.717) is 6.42 Å². The van der Waals surface area contributed by atoms with Crippen LogP contribution in [0, 0.1) is 0 Å². The first-order chi connectivity index (χ1) is 6.24. The highest BCUT2D eigenvalue weighted by Crippen LogP contribution is 2.17. The van der Waals surface area contributed by atoms with Crippen molar-refractivity contribution in [2.75, 3.05) is 0 Å². The van der Waals surface area contributed by atoms with Gasteiger partial charge in [0, 0.05) is 5.02 Å². The van der Waals surface area contributed by atoms with Crippen molar-refractivity contribution in [1.82, 2.24) is 0 Å². The van der Waals surface area contributed by atoms with Crippen LogP contribution in [0.5, 0.6) is 0 Å². The highest BCUT2D eigenvalue weighted by atomic mass is 35.5. The minimum Gasteiger partial charge on any atom is -0.393 e. The van der Waals surface area contributed by atoms with Crippen molar-refractivity contribution in [3.63, 3.8) is 0 Å². The Labute approximate surface area is 84.4 Å². The summed E-state index contributed by atoms with van der Waals surface area (Å²) in [5.74, 6) is 0. The van der Waals surface area contributed by atoms with E-state index in [0.717, 1.165) is 23.4 Å².